The molecule has 6 nitrogen and oxygen atoms in total. The average molecular weight is 240 g/mol. The molecule has 0 saturated carbocycles. The first-order valence-corrected chi connectivity index (χ1v) is 5.70. The van der Waals surface area contributed by atoms with Crippen LogP contribution in [0.5, 0.6) is 12.0 Å². The third kappa shape index (κ3) is 4.84. The van der Waals surface area contributed by atoms with E-state index in [4.69, 9.17) is 9.47 Å². The Hall–Kier alpha value is -1.59. The lowest BCUT2D eigenvalue weighted by atomic mass is 10.2. The summed E-state index contributed by atoms with van der Waals surface area (Å²) in [4.78, 5) is 12.3. The summed E-state index contributed by atoms with van der Waals surface area (Å²) >= 11 is 0. The summed E-state index contributed by atoms with van der Waals surface area (Å²) in [6, 6.07) is 0.549. The molecule has 1 rings (SSSR count). The van der Waals surface area contributed by atoms with Crippen LogP contribution in [0.1, 0.15) is 34.1 Å². The van der Waals surface area contributed by atoms with E-state index in [-0.39, 0.29) is 17.6 Å². The molecule has 17 heavy (non-hydrogen) atoms. The lowest BCUT2D eigenvalue weighted by Crippen LogP contribution is -2.24. The molecule has 0 spiro atoms. The third-order valence-electron chi connectivity index (χ3n) is 1.65. The number of hydrogen-bond donors (Lipinski definition) is 1. The minimum absolute atomic E-state index is 0.267. The predicted molar refractivity (Wildman–Crippen MR) is 65.5 cm³/mol. The Morgan fingerprint density at radius 1 is 1.12 bits per heavy atom. The maximum atomic E-state index is 5.58. The van der Waals surface area contributed by atoms with Crippen molar-refractivity contribution in [3.05, 3.63) is 0 Å². The standard InChI is InChI=1S/C11H20N4O2/c1-6-7-16-9-13-8(12-5)14-10(15-9)17-11(2,3)4/h6-7H2,1-5H3,(H,12,13,14,15). The number of aromatic nitrogens is 3. The van der Waals surface area contributed by atoms with Gasteiger partial charge in [-0.2, -0.15) is 9.97 Å². The molecule has 0 saturated heterocycles. The Bertz CT molecular complexity index is 363. The average Bonchev–Trinajstić information content (AvgIpc) is 2.23. The van der Waals surface area contributed by atoms with Crippen LogP contribution in [0.15, 0.2) is 0 Å². The van der Waals surface area contributed by atoms with Crippen LogP contribution in [0, 0.1) is 0 Å². The summed E-state index contributed by atoms with van der Waals surface area (Å²) in [6.07, 6.45) is 0.899. The number of ether oxygens (including phenoxy) is 2. The van der Waals surface area contributed by atoms with Gasteiger partial charge in [-0.05, 0) is 27.2 Å². The Labute approximate surface area is 102 Å². The van der Waals surface area contributed by atoms with Gasteiger partial charge in [-0.1, -0.05) is 6.92 Å². The van der Waals surface area contributed by atoms with Gasteiger partial charge < -0.3 is 14.8 Å². The van der Waals surface area contributed by atoms with Crippen LogP contribution in [0.4, 0.5) is 5.95 Å². The highest BCUT2D eigenvalue weighted by Crippen LogP contribution is 2.17. The molecule has 0 aliphatic carbocycles. The number of hydrogen-bond acceptors (Lipinski definition) is 6. The fraction of sp³-hybridized carbons (Fsp3) is 0.727. The molecule has 0 aliphatic rings. The first kappa shape index (κ1) is 13.5. The summed E-state index contributed by atoms with van der Waals surface area (Å²) in [5.41, 5.74) is -0.353. The van der Waals surface area contributed by atoms with Gasteiger partial charge in [0.1, 0.15) is 5.60 Å². The minimum atomic E-state index is -0.353. The van der Waals surface area contributed by atoms with E-state index in [0.29, 0.717) is 12.6 Å². The highest BCUT2D eigenvalue weighted by atomic mass is 16.5. The molecule has 6 heteroatoms. The summed E-state index contributed by atoms with van der Waals surface area (Å²) in [5, 5.41) is 2.85. The van der Waals surface area contributed by atoms with E-state index in [9.17, 15) is 0 Å². The van der Waals surface area contributed by atoms with Crippen LogP contribution in [0.2, 0.25) is 0 Å². The molecule has 0 aliphatic heterocycles. The predicted octanol–water partition coefficient (Wildman–Crippen LogP) is 1.88. The van der Waals surface area contributed by atoms with E-state index in [1.54, 1.807) is 7.05 Å². The minimum Gasteiger partial charge on any atom is -0.463 e. The first-order valence-electron chi connectivity index (χ1n) is 5.70. The van der Waals surface area contributed by atoms with Gasteiger partial charge in [0, 0.05) is 7.05 Å². The SMILES string of the molecule is CCCOc1nc(NC)nc(OC(C)(C)C)n1. The van der Waals surface area contributed by atoms with Crippen LogP contribution >= 0.6 is 0 Å². The largest absolute Gasteiger partial charge is 0.463 e. The number of nitrogens with one attached hydrogen (secondary N) is 1. The molecule has 0 radical (unpaired) electrons. The summed E-state index contributed by atoms with van der Waals surface area (Å²) < 4.78 is 11.0. The Kier molecular flexibility index (Phi) is 4.48. The molecule has 0 atom stereocenters. The lowest BCUT2D eigenvalue weighted by molar-refractivity contribution is 0.114. The van der Waals surface area contributed by atoms with Gasteiger partial charge in [0.25, 0.3) is 0 Å². The van der Waals surface area contributed by atoms with Crippen LogP contribution < -0.4 is 14.8 Å². The molecule has 0 bridgehead atoms. The molecule has 96 valence electrons. The van der Waals surface area contributed by atoms with Crippen molar-refractivity contribution in [1.29, 1.82) is 0 Å². The molecule has 0 aromatic carbocycles. The topological polar surface area (TPSA) is 69.2 Å². The highest BCUT2D eigenvalue weighted by Gasteiger charge is 2.16. The molecule has 0 fully saturated rings. The van der Waals surface area contributed by atoms with E-state index < -0.39 is 0 Å². The van der Waals surface area contributed by atoms with Crippen LogP contribution in [-0.4, -0.2) is 34.2 Å². The van der Waals surface area contributed by atoms with Gasteiger partial charge in [-0.3, -0.25) is 0 Å². The molecule has 0 unspecified atom stereocenters. The van der Waals surface area contributed by atoms with Crippen LogP contribution in [0.25, 0.3) is 0 Å². The Morgan fingerprint density at radius 2 is 1.76 bits per heavy atom. The molecular formula is C11H20N4O2. The molecule has 0 amide bonds. The normalized spacial score (nSPS) is 11.1. The maximum absolute atomic E-state index is 5.58. The second-order valence-electron chi connectivity index (χ2n) is 4.54. The second kappa shape index (κ2) is 5.65. The van der Waals surface area contributed by atoms with Crippen molar-refractivity contribution in [2.75, 3.05) is 19.0 Å². The zero-order valence-corrected chi connectivity index (χ0v) is 11.1. The number of nitrogens with zero attached hydrogens (tertiary/aromatic N) is 3. The van der Waals surface area contributed by atoms with Crippen molar-refractivity contribution in [2.24, 2.45) is 0 Å². The summed E-state index contributed by atoms with van der Waals surface area (Å²) in [6.45, 7) is 8.39. The fourth-order valence-electron chi connectivity index (χ4n) is 1.03. The lowest BCUT2D eigenvalue weighted by Gasteiger charge is -2.19. The molecule has 1 N–H and O–H groups in total. The smallest absolute Gasteiger partial charge is 0.324 e. The van der Waals surface area contributed by atoms with Crippen molar-refractivity contribution in [3.8, 4) is 12.0 Å². The highest BCUT2D eigenvalue weighted by molar-refractivity contribution is 5.26. The fourth-order valence-corrected chi connectivity index (χ4v) is 1.03. The second-order valence-corrected chi connectivity index (χ2v) is 4.54. The van der Waals surface area contributed by atoms with Gasteiger partial charge in [-0.25, -0.2) is 0 Å². The Morgan fingerprint density at radius 3 is 2.29 bits per heavy atom. The number of anilines is 1. The molecular weight excluding hydrogens is 220 g/mol. The van der Waals surface area contributed by atoms with E-state index in [1.807, 2.05) is 27.7 Å². The third-order valence-corrected chi connectivity index (χ3v) is 1.65. The van der Waals surface area contributed by atoms with Crippen molar-refractivity contribution in [2.45, 2.75) is 39.7 Å². The van der Waals surface area contributed by atoms with E-state index >= 15 is 0 Å². The van der Waals surface area contributed by atoms with Crippen molar-refractivity contribution in [3.63, 3.8) is 0 Å². The van der Waals surface area contributed by atoms with Gasteiger partial charge in [0.05, 0.1) is 6.61 Å². The maximum Gasteiger partial charge on any atom is 0.324 e. The van der Waals surface area contributed by atoms with E-state index in [1.165, 1.54) is 0 Å². The zero-order valence-electron chi connectivity index (χ0n) is 11.1. The number of rotatable bonds is 5. The van der Waals surface area contributed by atoms with Crippen molar-refractivity contribution in [1.82, 2.24) is 15.0 Å². The van der Waals surface area contributed by atoms with Gasteiger partial charge >= 0.3 is 12.0 Å². The van der Waals surface area contributed by atoms with Crippen LogP contribution in [0.3, 0.4) is 0 Å². The quantitative estimate of drug-likeness (QED) is 0.847. The van der Waals surface area contributed by atoms with Gasteiger partial charge in [0.2, 0.25) is 5.95 Å². The summed E-state index contributed by atoms with van der Waals surface area (Å²) in [7, 11) is 1.74. The van der Waals surface area contributed by atoms with E-state index in [2.05, 4.69) is 20.3 Å². The van der Waals surface area contributed by atoms with Gasteiger partial charge in [0.15, 0.2) is 0 Å². The summed E-state index contributed by atoms with van der Waals surface area (Å²) in [5.74, 6) is 0.436. The molecule has 1 aromatic rings. The van der Waals surface area contributed by atoms with Crippen molar-refractivity contribution < 1.29 is 9.47 Å². The zero-order chi connectivity index (χ0) is 12.9. The van der Waals surface area contributed by atoms with Crippen LogP contribution in [-0.2, 0) is 0 Å². The first-order chi connectivity index (χ1) is 7.94. The van der Waals surface area contributed by atoms with Crippen molar-refractivity contribution >= 4 is 5.95 Å². The van der Waals surface area contributed by atoms with Gasteiger partial charge in [-0.15, -0.1) is 4.98 Å². The monoisotopic (exact) mass is 240 g/mol. The Balaban J connectivity index is 2.88. The molecule has 1 heterocycles. The molecule has 1 aromatic heterocycles. The van der Waals surface area contributed by atoms with E-state index in [0.717, 1.165) is 6.42 Å².